The van der Waals surface area contributed by atoms with Crippen molar-refractivity contribution in [2.45, 2.75) is 0 Å². The standard InChI is InChI=1S/C24H21ClN4O3/c25-21-19(8-3-9-26-21)22(30)28-13-10-27(11-14-28)12-15-29-23(31)17-6-1-4-16-5-2-7-18(20(16)17)24(29)32/h1-9H,10-15H2. The predicted molar refractivity (Wildman–Crippen MR) is 121 cm³/mol. The SMILES string of the molecule is O=C(c1cccnc1Cl)N1CCN(CCN2C(=O)c3cccc4cccc(c34)C2=O)CC1. The van der Waals surface area contributed by atoms with Crippen molar-refractivity contribution in [3.05, 3.63) is 76.6 Å². The summed E-state index contributed by atoms with van der Waals surface area (Å²) in [5.74, 6) is -0.632. The van der Waals surface area contributed by atoms with Gasteiger partial charge in [-0.05, 0) is 29.7 Å². The Morgan fingerprint density at radius 3 is 2.16 bits per heavy atom. The van der Waals surface area contributed by atoms with Crippen molar-refractivity contribution < 1.29 is 14.4 Å². The number of amides is 3. The van der Waals surface area contributed by atoms with Crippen LogP contribution < -0.4 is 0 Å². The molecule has 0 unspecified atom stereocenters. The molecule has 0 N–H and O–H groups in total. The van der Waals surface area contributed by atoms with E-state index in [-0.39, 0.29) is 22.9 Å². The number of benzene rings is 2. The van der Waals surface area contributed by atoms with Crippen LogP contribution in [0.2, 0.25) is 5.15 Å². The Morgan fingerprint density at radius 1 is 0.875 bits per heavy atom. The second-order valence-electron chi connectivity index (χ2n) is 7.95. The third kappa shape index (κ3) is 3.53. The molecule has 3 aromatic rings. The van der Waals surface area contributed by atoms with E-state index < -0.39 is 0 Å². The average molecular weight is 449 g/mol. The molecule has 3 amide bonds. The monoisotopic (exact) mass is 448 g/mol. The maximum absolute atomic E-state index is 13.0. The molecule has 2 aliphatic rings. The Kier molecular flexibility index (Phi) is 5.36. The first-order chi connectivity index (χ1) is 15.5. The van der Waals surface area contributed by atoms with Gasteiger partial charge >= 0.3 is 0 Å². The van der Waals surface area contributed by atoms with Gasteiger partial charge in [-0.15, -0.1) is 0 Å². The lowest BCUT2D eigenvalue weighted by atomic mass is 9.94. The van der Waals surface area contributed by atoms with Crippen molar-refractivity contribution in [2.24, 2.45) is 0 Å². The van der Waals surface area contributed by atoms with Crippen molar-refractivity contribution in [1.29, 1.82) is 0 Å². The summed E-state index contributed by atoms with van der Waals surface area (Å²) in [4.78, 5) is 48.0. The minimum absolute atomic E-state index is 0.131. The van der Waals surface area contributed by atoms with Crippen LogP contribution in [0.4, 0.5) is 0 Å². The third-order valence-corrected chi connectivity index (χ3v) is 6.45. The number of hydrogen-bond donors (Lipinski definition) is 0. The molecule has 1 saturated heterocycles. The number of nitrogens with zero attached hydrogens (tertiary/aromatic N) is 4. The van der Waals surface area contributed by atoms with Gasteiger partial charge in [-0.1, -0.05) is 35.9 Å². The number of rotatable bonds is 4. The number of carbonyl (C=O) groups excluding carboxylic acids is 3. The van der Waals surface area contributed by atoms with Gasteiger partial charge in [0.2, 0.25) is 0 Å². The van der Waals surface area contributed by atoms with Gasteiger partial charge in [0.1, 0.15) is 5.15 Å². The molecular weight excluding hydrogens is 428 g/mol. The van der Waals surface area contributed by atoms with Crippen molar-refractivity contribution in [3.8, 4) is 0 Å². The Morgan fingerprint density at radius 2 is 1.53 bits per heavy atom. The number of carbonyl (C=O) groups is 3. The molecule has 7 nitrogen and oxygen atoms in total. The molecule has 5 rings (SSSR count). The highest BCUT2D eigenvalue weighted by atomic mass is 35.5. The molecule has 162 valence electrons. The summed E-state index contributed by atoms with van der Waals surface area (Å²) in [5.41, 5.74) is 1.54. The Labute approximate surface area is 190 Å². The number of piperazine rings is 1. The highest BCUT2D eigenvalue weighted by Gasteiger charge is 2.33. The first kappa shape index (κ1) is 20.6. The molecule has 2 aliphatic heterocycles. The smallest absolute Gasteiger partial charge is 0.261 e. The zero-order valence-corrected chi connectivity index (χ0v) is 18.1. The molecular formula is C24H21ClN4O3. The summed E-state index contributed by atoms with van der Waals surface area (Å²) in [5, 5.41) is 1.84. The lowest BCUT2D eigenvalue weighted by Gasteiger charge is -2.36. The number of halogens is 1. The predicted octanol–water partition coefficient (Wildman–Crippen LogP) is 2.94. The van der Waals surface area contributed by atoms with E-state index in [1.807, 2.05) is 24.3 Å². The van der Waals surface area contributed by atoms with Gasteiger partial charge in [-0.2, -0.15) is 0 Å². The van der Waals surface area contributed by atoms with Crippen LogP contribution in [-0.4, -0.2) is 76.7 Å². The van der Waals surface area contributed by atoms with Gasteiger partial charge in [0.25, 0.3) is 17.7 Å². The molecule has 0 saturated carbocycles. The van der Waals surface area contributed by atoms with Gasteiger partial charge in [0, 0.05) is 62.0 Å². The van der Waals surface area contributed by atoms with Crippen LogP contribution in [0.1, 0.15) is 31.1 Å². The average Bonchev–Trinajstić information content (AvgIpc) is 2.82. The lowest BCUT2D eigenvalue weighted by Crippen LogP contribution is -2.51. The first-order valence-corrected chi connectivity index (χ1v) is 10.9. The van der Waals surface area contributed by atoms with E-state index in [9.17, 15) is 14.4 Å². The van der Waals surface area contributed by atoms with Crippen LogP contribution in [0.25, 0.3) is 10.8 Å². The summed E-state index contributed by atoms with van der Waals surface area (Å²) < 4.78 is 0. The van der Waals surface area contributed by atoms with Crippen LogP contribution in [0.15, 0.2) is 54.7 Å². The number of aromatic nitrogens is 1. The highest BCUT2D eigenvalue weighted by Crippen LogP contribution is 2.29. The van der Waals surface area contributed by atoms with Crippen molar-refractivity contribution >= 4 is 40.1 Å². The molecule has 1 aromatic heterocycles. The fourth-order valence-corrected chi connectivity index (χ4v) is 4.62. The van der Waals surface area contributed by atoms with E-state index >= 15 is 0 Å². The van der Waals surface area contributed by atoms with Crippen LogP contribution in [0.3, 0.4) is 0 Å². The van der Waals surface area contributed by atoms with E-state index in [1.54, 1.807) is 35.4 Å². The second kappa shape index (κ2) is 8.33. The topological polar surface area (TPSA) is 73.8 Å². The molecule has 32 heavy (non-hydrogen) atoms. The summed E-state index contributed by atoms with van der Waals surface area (Å²) in [6, 6.07) is 14.5. The van der Waals surface area contributed by atoms with Gasteiger partial charge in [-0.3, -0.25) is 24.2 Å². The van der Waals surface area contributed by atoms with Crippen molar-refractivity contribution in [2.75, 3.05) is 39.3 Å². The third-order valence-electron chi connectivity index (χ3n) is 6.14. The zero-order valence-electron chi connectivity index (χ0n) is 17.3. The van der Waals surface area contributed by atoms with Crippen molar-refractivity contribution in [1.82, 2.24) is 19.7 Å². The molecule has 0 aliphatic carbocycles. The molecule has 0 spiro atoms. The lowest BCUT2D eigenvalue weighted by molar-refractivity contribution is 0.0551. The van der Waals surface area contributed by atoms with Gasteiger partial charge < -0.3 is 4.90 Å². The minimum Gasteiger partial charge on any atom is -0.336 e. The fraction of sp³-hybridized carbons (Fsp3) is 0.250. The van der Waals surface area contributed by atoms with Gasteiger partial charge in [0.15, 0.2) is 0 Å². The molecule has 0 atom stereocenters. The zero-order chi connectivity index (χ0) is 22.2. The van der Waals surface area contributed by atoms with E-state index in [1.165, 1.54) is 4.90 Å². The molecule has 8 heteroatoms. The molecule has 3 heterocycles. The van der Waals surface area contributed by atoms with Crippen LogP contribution in [0.5, 0.6) is 0 Å². The van der Waals surface area contributed by atoms with E-state index in [2.05, 4.69) is 9.88 Å². The fourth-order valence-electron chi connectivity index (χ4n) is 4.42. The normalized spacial score (nSPS) is 16.7. The Bertz CT molecular complexity index is 1190. The molecule has 0 bridgehead atoms. The van der Waals surface area contributed by atoms with E-state index in [4.69, 9.17) is 11.6 Å². The van der Waals surface area contributed by atoms with Crippen LogP contribution in [-0.2, 0) is 0 Å². The molecule has 0 radical (unpaired) electrons. The first-order valence-electron chi connectivity index (χ1n) is 10.5. The molecule has 2 aromatic carbocycles. The van der Waals surface area contributed by atoms with E-state index in [0.717, 1.165) is 10.8 Å². The molecule has 1 fully saturated rings. The van der Waals surface area contributed by atoms with Crippen LogP contribution in [0, 0.1) is 0 Å². The maximum Gasteiger partial charge on any atom is 0.261 e. The van der Waals surface area contributed by atoms with E-state index in [0.29, 0.717) is 56.0 Å². The summed E-state index contributed by atoms with van der Waals surface area (Å²) >= 11 is 6.06. The van der Waals surface area contributed by atoms with Crippen molar-refractivity contribution in [3.63, 3.8) is 0 Å². The van der Waals surface area contributed by atoms with Gasteiger partial charge in [-0.25, -0.2) is 4.98 Å². The summed E-state index contributed by atoms with van der Waals surface area (Å²) in [6.07, 6.45) is 1.55. The summed E-state index contributed by atoms with van der Waals surface area (Å²) in [6.45, 7) is 3.29. The summed E-state index contributed by atoms with van der Waals surface area (Å²) in [7, 11) is 0. The Balaban J connectivity index is 1.23. The Hall–Kier alpha value is -3.29. The number of hydrogen-bond acceptors (Lipinski definition) is 5. The number of imide groups is 1. The second-order valence-corrected chi connectivity index (χ2v) is 8.30. The number of pyridine rings is 1. The maximum atomic E-state index is 13.0. The minimum atomic E-state index is -0.251. The quantitative estimate of drug-likeness (QED) is 0.453. The van der Waals surface area contributed by atoms with Crippen LogP contribution >= 0.6 is 11.6 Å². The highest BCUT2D eigenvalue weighted by molar-refractivity contribution is 6.32. The largest absolute Gasteiger partial charge is 0.336 e. The van der Waals surface area contributed by atoms with Gasteiger partial charge in [0.05, 0.1) is 5.56 Å².